The molecule has 0 aliphatic rings. The van der Waals surface area contributed by atoms with Crippen LogP contribution in [0.25, 0.3) is 0 Å². The Bertz CT molecular complexity index is 126. The molecule has 0 bridgehead atoms. The second kappa shape index (κ2) is 6.71. The van der Waals surface area contributed by atoms with Gasteiger partial charge in [0.2, 0.25) is 0 Å². The molecular formula is C13H27Cl. The van der Waals surface area contributed by atoms with Gasteiger partial charge in [0.05, 0.1) is 0 Å². The molecule has 0 heterocycles. The van der Waals surface area contributed by atoms with Gasteiger partial charge in [0.15, 0.2) is 0 Å². The van der Waals surface area contributed by atoms with Gasteiger partial charge in [-0.05, 0) is 43.9 Å². The van der Waals surface area contributed by atoms with Gasteiger partial charge in [-0.3, -0.25) is 0 Å². The van der Waals surface area contributed by atoms with Gasteiger partial charge < -0.3 is 0 Å². The smallest absolute Gasteiger partial charge is 0.0444 e. The molecular weight excluding hydrogens is 192 g/mol. The summed E-state index contributed by atoms with van der Waals surface area (Å²) in [5.41, 5.74) is 0. The summed E-state index contributed by atoms with van der Waals surface area (Å²) >= 11 is 6.61. The Morgan fingerprint density at radius 1 is 0.929 bits per heavy atom. The normalized spacial score (nSPS) is 12.9. The molecule has 0 rings (SSSR count). The lowest BCUT2D eigenvalue weighted by Crippen LogP contribution is -2.21. The highest BCUT2D eigenvalue weighted by Crippen LogP contribution is 2.33. The molecule has 0 saturated carbocycles. The molecule has 0 fully saturated rings. The molecule has 0 aromatic rings. The predicted octanol–water partition coefficient (Wildman–Crippen LogP) is 5.25. The summed E-state index contributed by atoms with van der Waals surface area (Å²) in [7, 11) is 0. The minimum absolute atomic E-state index is 0.0779. The van der Waals surface area contributed by atoms with Crippen molar-refractivity contribution in [3.05, 3.63) is 0 Å². The average Bonchev–Trinajstić information content (AvgIpc) is 2.11. The van der Waals surface area contributed by atoms with Gasteiger partial charge >= 0.3 is 0 Å². The molecule has 14 heavy (non-hydrogen) atoms. The van der Waals surface area contributed by atoms with Gasteiger partial charge in [-0.2, -0.15) is 0 Å². The van der Waals surface area contributed by atoms with Crippen LogP contribution < -0.4 is 0 Å². The van der Waals surface area contributed by atoms with Crippen LogP contribution in [-0.4, -0.2) is 4.87 Å². The zero-order chi connectivity index (χ0) is 11.2. The van der Waals surface area contributed by atoms with Crippen molar-refractivity contribution < 1.29 is 0 Å². The molecule has 0 N–H and O–H groups in total. The van der Waals surface area contributed by atoms with Crippen molar-refractivity contribution in [2.24, 2.45) is 11.8 Å². The third kappa shape index (κ3) is 6.70. The fourth-order valence-electron chi connectivity index (χ4n) is 1.57. The second-order valence-corrected chi connectivity index (χ2v) is 6.17. The maximum atomic E-state index is 6.61. The summed E-state index contributed by atoms with van der Waals surface area (Å²) in [6.45, 7) is 11.3. The van der Waals surface area contributed by atoms with E-state index in [1.165, 1.54) is 25.7 Å². The lowest BCUT2D eigenvalue weighted by molar-refractivity contribution is 0.388. The molecule has 0 aromatic heterocycles. The van der Waals surface area contributed by atoms with Gasteiger partial charge in [0.1, 0.15) is 0 Å². The number of rotatable bonds is 7. The highest BCUT2D eigenvalue weighted by molar-refractivity contribution is 6.23. The molecule has 0 aromatic carbocycles. The zero-order valence-corrected chi connectivity index (χ0v) is 11.3. The van der Waals surface area contributed by atoms with Gasteiger partial charge in [0.25, 0.3) is 0 Å². The van der Waals surface area contributed by atoms with E-state index in [4.69, 9.17) is 11.6 Å². The SMILES string of the molecule is CCC(Cl)(CCC(C)C)CCC(C)C. The van der Waals surface area contributed by atoms with Crippen LogP contribution in [0.3, 0.4) is 0 Å². The second-order valence-electron chi connectivity index (χ2n) is 5.37. The molecule has 86 valence electrons. The van der Waals surface area contributed by atoms with Crippen LogP contribution in [0, 0.1) is 11.8 Å². The summed E-state index contributed by atoms with van der Waals surface area (Å²) in [4.78, 5) is 0.0779. The minimum Gasteiger partial charge on any atom is -0.119 e. The van der Waals surface area contributed by atoms with Crippen molar-refractivity contribution in [3.8, 4) is 0 Å². The zero-order valence-electron chi connectivity index (χ0n) is 10.6. The fourth-order valence-corrected chi connectivity index (χ4v) is 1.79. The Hall–Kier alpha value is 0.290. The standard InChI is InChI=1S/C13H27Cl/c1-6-13(14,9-7-11(2)3)10-8-12(4)5/h11-12H,6-10H2,1-5H3. The van der Waals surface area contributed by atoms with Crippen molar-refractivity contribution in [1.29, 1.82) is 0 Å². The molecule has 0 aliphatic heterocycles. The Balaban J connectivity index is 3.91. The minimum atomic E-state index is 0.0779. The molecule has 0 aliphatic carbocycles. The first kappa shape index (κ1) is 14.3. The Morgan fingerprint density at radius 2 is 1.29 bits per heavy atom. The van der Waals surface area contributed by atoms with E-state index in [1.807, 2.05) is 0 Å². The third-order valence-corrected chi connectivity index (χ3v) is 3.62. The van der Waals surface area contributed by atoms with E-state index in [0.29, 0.717) is 0 Å². The quantitative estimate of drug-likeness (QED) is 0.513. The van der Waals surface area contributed by atoms with Gasteiger partial charge in [0, 0.05) is 4.87 Å². The van der Waals surface area contributed by atoms with Crippen molar-refractivity contribution >= 4 is 11.6 Å². The molecule has 0 atom stereocenters. The first-order valence-corrected chi connectivity index (χ1v) is 6.46. The molecule has 0 amide bonds. The van der Waals surface area contributed by atoms with Gasteiger partial charge in [-0.1, -0.05) is 34.6 Å². The van der Waals surface area contributed by atoms with E-state index < -0.39 is 0 Å². The largest absolute Gasteiger partial charge is 0.119 e. The third-order valence-electron chi connectivity index (χ3n) is 2.97. The van der Waals surface area contributed by atoms with Crippen molar-refractivity contribution in [2.75, 3.05) is 0 Å². The van der Waals surface area contributed by atoms with Crippen LogP contribution in [-0.2, 0) is 0 Å². The van der Waals surface area contributed by atoms with E-state index in [2.05, 4.69) is 34.6 Å². The number of alkyl halides is 1. The van der Waals surface area contributed by atoms with E-state index in [9.17, 15) is 0 Å². The van der Waals surface area contributed by atoms with Crippen molar-refractivity contribution in [3.63, 3.8) is 0 Å². The van der Waals surface area contributed by atoms with Crippen molar-refractivity contribution in [2.45, 2.75) is 71.6 Å². The average molecular weight is 219 g/mol. The molecule has 1 heteroatoms. The lowest BCUT2D eigenvalue weighted by atomic mass is 9.89. The summed E-state index contributed by atoms with van der Waals surface area (Å²) in [5.74, 6) is 1.55. The van der Waals surface area contributed by atoms with Crippen LogP contribution in [0.2, 0.25) is 0 Å². The molecule has 0 radical (unpaired) electrons. The lowest BCUT2D eigenvalue weighted by Gasteiger charge is -2.27. The number of halogens is 1. The topological polar surface area (TPSA) is 0 Å². The van der Waals surface area contributed by atoms with Gasteiger partial charge in [-0.25, -0.2) is 0 Å². The molecule has 0 saturated heterocycles. The number of hydrogen-bond donors (Lipinski definition) is 0. The first-order valence-electron chi connectivity index (χ1n) is 6.08. The van der Waals surface area contributed by atoms with Crippen LogP contribution >= 0.6 is 11.6 Å². The van der Waals surface area contributed by atoms with Crippen LogP contribution in [0.5, 0.6) is 0 Å². The fraction of sp³-hybridized carbons (Fsp3) is 1.00. The maximum Gasteiger partial charge on any atom is 0.0444 e. The molecule has 0 spiro atoms. The van der Waals surface area contributed by atoms with Crippen molar-refractivity contribution in [1.82, 2.24) is 0 Å². The van der Waals surface area contributed by atoms with E-state index in [0.717, 1.165) is 18.3 Å². The van der Waals surface area contributed by atoms with Gasteiger partial charge in [-0.15, -0.1) is 11.6 Å². The summed E-state index contributed by atoms with van der Waals surface area (Å²) < 4.78 is 0. The van der Waals surface area contributed by atoms with E-state index in [-0.39, 0.29) is 4.87 Å². The Labute approximate surface area is 95.4 Å². The van der Waals surface area contributed by atoms with Crippen LogP contribution in [0.15, 0.2) is 0 Å². The maximum absolute atomic E-state index is 6.61. The summed E-state index contributed by atoms with van der Waals surface area (Å²) in [6, 6.07) is 0. The highest BCUT2D eigenvalue weighted by Gasteiger charge is 2.24. The first-order chi connectivity index (χ1) is 6.39. The van der Waals surface area contributed by atoms with E-state index in [1.54, 1.807) is 0 Å². The number of hydrogen-bond acceptors (Lipinski definition) is 0. The summed E-state index contributed by atoms with van der Waals surface area (Å²) in [5, 5.41) is 0. The highest BCUT2D eigenvalue weighted by atomic mass is 35.5. The Morgan fingerprint density at radius 3 is 1.50 bits per heavy atom. The monoisotopic (exact) mass is 218 g/mol. The Kier molecular flexibility index (Phi) is 6.85. The predicted molar refractivity (Wildman–Crippen MR) is 67.0 cm³/mol. The summed E-state index contributed by atoms with van der Waals surface area (Å²) in [6.07, 6.45) is 5.98. The van der Waals surface area contributed by atoms with Crippen LogP contribution in [0.4, 0.5) is 0 Å². The molecule has 0 nitrogen and oxygen atoms in total. The van der Waals surface area contributed by atoms with Crippen LogP contribution in [0.1, 0.15) is 66.7 Å². The van der Waals surface area contributed by atoms with E-state index >= 15 is 0 Å². The molecule has 0 unspecified atom stereocenters.